The maximum absolute atomic E-state index is 10.3. The molecule has 0 fully saturated rings. The second-order valence-corrected chi connectivity index (χ2v) is 2.01. The summed E-state index contributed by atoms with van der Waals surface area (Å²) in [6, 6.07) is -0.825. The van der Waals surface area contributed by atoms with Crippen molar-refractivity contribution in [2.45, 2.75) is 0 Å². The van der Waals surface area contributed by atoms with Crippen LogP contribution in [0.5, 0.6) is 0 Å². The zero-order valence-electron chi connectivity index (χ0n) is 6.30. The molecule has 0 saturated carbocycles. The minimum Gasteiger partial charge on any atom is -0.351 e. The van der Waals surface area contributed by atoms with Crippen LogP contribution >= 0.6 is 0 Å². The van der Waals surface area contributed by atoms with E-state index >= 15 is 0 Å². The number of nitrogens with one attached hydrogen (secondary N) is 1. The molecule has 1 heterocycles. The Labute approximate surface area is 71.9 Å². The number of nitrogens with two attached hydrogens (primary N) is 1. The molecule has 2 amide bonds. The molecule has 1 aromatic heterocycles. The summed E-state index contributed by atoms with van der Waals surface area (Å²) in [5.41, 5.74) is 4.50. The lowest BCUT2D eigenvalue weighted by Gasteiger charge is -1.96. The predicted octanol–water partition coefficient (Wildman–Crippen LogP) is -0.125. The Bertz CT molecular complexity index is 335. The highest BCUT2D eigenvalue weighted by Gasteiger charge is 2.06. The number of nitrogens with zero attached hydrogens (tertiary/aromatic N) is 3. The molecule has 1 aromatic rings. The molecule has 0 atom stereocenters. The molecule has 0 aliphatic heterocycles. The number of carbonyl (C=O) groups is 1. The largest absolute Gasteiger partial charge is 0.351 e. The molecule has 0 aliphatic rings. The number of rotatable bonds is 2. The van der Waals surface area contributed by atoms with Crippen molar-refractivity contribution in [3.63, 3.8) is 0 Å². The number of primary amides is 1. The van der Waals surface area contributed by atoms with E-state index in [0.29, 0.717) is 0 Å². The molecule has 68 valence electrons. The van der Waals surface area contributed by atoms with Crippen molar-refractivity contribution in [2.24, 2.45) is 5.73 Å². The van der Waals surface area contributed by atoms with Gasteiger partial charge in [-0.25, -0.2) is 14.8 Å². The molecule has 0 bridgehead atoms. The van der Waals surface area contributed by atoms with Crippen LogP contribution in [0.15, 0.2) is 12.4 Å². The standard InChI is InChI=1S/C5H5N5O3/c6-4(11)9-5-7-1-3(2-8-5)10(12)13/h1-2H,(H3,6,7,8,9,11). The van der Waals surface area contributed by atoms with Crippen LogP contribution in [0.25, 0.3) is 0 Å². The molecule has 0 aromatic carbocycles. The fourth-order valence-electron chi connectivity index (χ4n) is 0.590. The van der Waals surface area contributed by atoms with E-state index in [2.05, 4.69) is 15.3 Å². The van der Waals surface area contributed by atoms with Gasteiger partial charge in [0.1, 0.15) is 12.4 Å². The summed E-state index contributed by atoms with van der Waals surface area (Å²) in [5.74, 6) is -0.0712. The van der Waals surface area contributed by atoms with Crippen LogP contribution in [0.2, 0.25) is 0 Å². The Morgan fingerprint density at radius 1 is 1.54 bits per heavy atom. The van der Waals surface area contributed by atoms with Gasteiger partial charge in [0.05, 0.1) is 4.92 Å². The van der Waals surface area contributed by atoms with E-state index in [4.69, 9.17) is 5.73 Å². The number of amides is 2. The number of carbonyl (C=O) groups excluding carboxylic acids is 1. The Balaban J connectivity index is 2.81. The van der Waals surface area contributed by atoms with Gasteiger partial charge in [0, 0.05) is 0 Å². The van der Waals surface area contributed by atoms with Gasteiger partial charge in [-0.2, -0.15) is 0 Å². The van der Waals surface area contributed by atoms with E-state index in [1.165, 1.54) is 0 Å². The lowest BCUT2D eigenvalue weighted by Crippen LogP contribution is -2.20. The number of aromatic nitrogens is 2. The first-order valence-electron chi connectivity index (χ1n) is 3.12. The molecule has 0 saturated heterocycles. The van der Waals surface area contributed by atoms with Gasteiger partial charge in [0.15, 0.2) is 0 Å². The van der Waals surface area contributed by atoms with E-state index in [1.54, 1.807) is 0 Å². The second kappa shape index (κ2) is 3.43. The fourth-order valence-corrected chi connectivity index (χ4v) is 0.590. The summed E-state index contributed by atoms with van der Waals surface area (Å²) in [5, 5.41) is 12.2. The zero-order chi connectivity index (χ0) is 9.84. The molecular formula is C5H5N5O3. The third kappa shape index (κ3) is 2.36. The third-order valence-electron chi connectivity index (χ3n) is 1.08. The van der Waals surface area contributed by atoms with Gasteiger partial charge < -0.3 is 5.73 Å². The molecule has 8 heteroatoms. The van der Waals surface area contributed by atoms with Crippen LogP contribution < -0.4 is 11.1 Å². The van der Waals surface area contributed by atoms with Crippen LogP contribution in [-0.2, 0) is 0 Å². The van der Waals surface area contributed by atoms with Crippen molar-refractivity contribution in [3.8, 4) is 0 Å². The Kier molecular flexibility index (Phi) is 2.33. The van der Waals surface area contributed by atoms with Gasteiger partial charge in [-0.3, -0.25) is 15.4 Å². The number of nitro groups is 1. The van der Waals surface area contributed by atoms with E-state index in [1.807, 2.05) is 0 Å². The van der Waals surface area contributed by atoms with Crippen molar-refractivity contribution in [1.82, 2.24) is 9.97 Å². The molecule has 0 aliphatic carbocycles. The molecule has 3 N–H and O–H groups in total. The SMILES string of the molecule is NC(=O)Nc1ncc([N+](=O)[O-])cn1. The maximum Gasteiger partial charge on any atom is 0.319 e. The van der Waals surface area contributed by atoms with Crippen molar-refractivity contribution in [2.75, 3.05) is 5.32 Å². The minimum absolute atomic E-state index is 0.0712. The number of hydrogen-bond donors (Lipinski definition) is 2. The normalized spacial score (nSPS) is 9.23. The van der Waals surface area contributed by atoms with Gasteiger partial charge in [0.2, 0.25) is 5.95 Å². The first-order valence-corrected chi connectivity index (χ1v) is 3.12. The molecule has 1 rings (SSSR count). The highest BCUT2D eigenvalue weighted by molar-refractivity contribution is 5.85. The average molecular weight is 183 g/mol. The summed E-state index contributed by atoms with van der Waals surface area (Å²) < 4.78 is 0. The van der Waals surface area contributed by atoms with Crippen molar-refractivity contribution < 1.29 is 9.72 Å². The molecular weight excluding hydrogens is 178 g/mol. The summed E-state index contributed by atoms with van der Waals surface area (Å²) in [7, 11) is 0. The first-order chi connectivity index (χ1) is 6.09. The summed E-state index contributed by atoms with van der Waals surface area (Å²) in [6.07, 6.45) is 1.94. The Hall–Kier alpha value is -2.25. The minimum atomic E-state index is -0.825. The van der Waals surface area contributed by atoms with E-state index in [-0.39, 0.29) is 11.6 Å². The van der Waals surface area contributed by atoms with Crippen LogP contribution in [-0.4, -0.2) is 20.9 Å². The smallest absolute Gasteiger partial charge is 0.319 e. The molecule has 13 heavy (non-hydrogen) atoms. The lowest BCUT2D eigenvalue weighted by molar-refractivity contribution is -0.385. The van der Waals surface area contributed by atoms with E-state index in [9.17, 15) is 14.9 Å². The highest BCUT2D eigenvalue weighted by atomic mass is 16.6. The molecule has 8 nitrogen and oxygen atoms in total. The van der Waals surface area contributed by atoms with Crippen LogP contribution in [0.1, 0.15) is 0 Å². The maximum atomic E-state index is 10.3. The zero-order valence-corrected chi connectivity index (χ0v) is 6.30. The van der Waals surface area contributed by atoms with Crippen LogP contribution in [0.3, 0.4) is 0 Å². The monoisotopic (exact) mass is 183 g/mol. The third-order valence-corrected chi connectivity index (χ3v) is 1.08. The first kappa shape index (κ1) is 8.84. The van der Waals surface area contributed by atoms with Gasteiger partial charge in [-0.1, -0.05) is 0 Å². The Morgan fingerprint density at radius 2 is 2.08 bits per heavy atom. The molecule has 0 radical (unpaired) electrons. The van der Waals surface area contributed by atoms with Gasteiger partial charge in [0.25, 0.3) is 0 Å². The predicted molar refractivity (Wildman–Crippen MR) is 41.9 cm³/mol. The summed E-state index contributed by atoms with van der Waals surface area (Å²) >= 11 is 0. The molecule has 0 unspecified atom stereocenters. The Morgan fingerprint density at radius 3 is 2.46 bits per heavy atom. The lowest BCUT2D eigenvalue weighted by atomic mass is 10.5. The second-order valence-electron chi connectivity index (χ2n) is 2.01. The quantitative estimate of drug-likeness (QED) is 0.488. The topological polar surface area (TPSA) is 124 Å². The summed E-state index contributed by atoms with van der Waals surface area (Å²) in [4.78, 5) is 26.7. The van der Waals surface area contributed by atoms with Gasteiger partial charge in [-0.15, -0.1) is 0 Å². The van der Waals surface area contributed by atoms with Crippen molar-refractivity contribution in [3.05, 3.63) is 22.5 Å². The van der Waals surface area contributed by atoms with E-state index in [0.717, 1.165) is 12.4 Å². The number of urea groups is 1. The number of anilines is 1. The van der Waals surface area contributed by atoms with Gasteiger partial charge >= 0.3 is 11.7 Å². The average Bonchev–Trinajstić information content (AvgIpc) is 2.04. The number of hydrogen-bond acceptors (Lipinski definition) is 5. The van der Waals surface area contributed by atoms with E-state index < -0.39 is 11.0 Å². The van der Waals surface area contributed by atoms with Crippen LogP contribution in [0, 0.1) is 10.1 Å². The highest BCUT2D eigenvalue weighted by Crippen LogP contribution is 2.07. The van der Waals surface area contributed by atoms with Crippen molar-refractivity contribution >= 4 is 17.7 Å². The van der Waals surface area contributed by atoms with Crippen LogP contribution in [0.4, 0.5) is 16.4 Å². The molecule has 0 spiro atoms. The van der Waals surface area contributed by atoms with Gasteiger partial charge in [-0.05, 0) is 0 Å². The summed E-state index contributed by atoms with van der Waals surface area (Å²) in [6.45, 7) is 0. The fraction of sp³-hybridized carbons (Fsp3) is 0. The van der Waals surface area contributed by atoms with Crippen molar-refractivity contribution in [1.29, 1.82) is 0 Å².